The Morgan fingerprint density at radius 2 is 1.85 bits per heavy atom. The van der Waals surface area contributed by atoms with E-state index in [0.29, 0.717) is 0 Å². The zero-order valence-electron chi connectivity index (χ0n) is 11.5. The molecule has 0 heterocycles. The lowest BCUT2D eigenvalue weighted by atomic mass is 9.93. The van der Waals surface area contributed by atoms with Gasteiger partial charge >= 0.3 is 5.69 Å². The summed E-state index contributed by atoms with van der Waals surface area (Å²) in [4.78, 5) is 20.2. The van der Waals surface area contributed by atoms with Gasteiger partial charge in [0.25, 0.3) is 5.69 Å². The van der Waals surface area contributed by atoms with Crippen molar-refractivity contribution in [2.75, 3.05) is 0 Å². The van der Waals surface area contributed by atoms with Crippen LogP contribution < -0.4 is 0 Å². The van der Waals surface area contributed by atoms with Crippen molar-refractivity contribution >= 4 is 11.4 Å². The molecule has 7 nitrogen and oxygen atoms in total. The average molecular weight is 282 g/mol. The minimum atomic E-state index is -0.801. The molecule has 1 unspecified atom stereocenters. The van der Waals surface area contributed by atoms with E-state index in [1.54, 1.807) is 6.92 Å². The van der Waals surface area contributed by atoms with Crippen LogP contribution >= 0.6 is 0 Å². The second kappa shape index (κ2) is 6.83. The van der Waals surface area contributed by atoms with Crippen LogP contribution in [0.1, 0.15) is 51.0 Å². The van der Waals surface area contributed by atoms with E-state index in [9.17, 15) is 25.3 Å². The van der Waals surface area contributed by atoms with Crippen molar-refractivity contribution in [3.63, 3.8) is 0 Å². The molecule has 1 atom stereocenters. The fourth-order valence-corrected chi connectivity index (χ4v) is 2.10. The number of aromatic hydroxyl groups is 1. The van der Waals surface area contributed by atoms with E-state index in [1.807, 2.05) is 0 Å². The van der Waals surface area contributed by atoms with Crippen LogP contribution in [0.3, 0.4) is 0 Å². The number of non-ortho nitro benzene ring substituents is 1. The SMILES string of the molecule is CCCCCC(C)c1cc([N+](=O)[O-])cc([N+](=O)[O-])c1O. The van der Waals surface area contributed by atoms with Crippen LogP contribution in [0.25, 0.3) is 0 Å². The number of nitro benzene ring substituents is 2. The molecule has 20 heavy (non-hydrogen) atoms. The van der Waals surface area contributed by atoms with E-state index < -0.39 is 21.3 Å². The Labute approximate surface area is 116 Å². The highest BCUT2D eigenvalue weighted by atomic mass is 16.6. The number of nitrogens with zero attached hydrogens (tertiary/aromatic N) is 2. The lowest BCUT2D eigenvalue weighted by Crippen LogP contribution is -2.00. The summed E-state index contributed by atoms with van der Waals surface area (Å²) in [5.41, 5.74) is -0.717. The third-order valence-electron chi connectivity index (χ3n) is 3.28. The minimum Gasteiger partial charge on any atom is -0.502 e. The van der Waals surface area contributed by atoms with Crippen molar-refractivity contribution in [2.45, 2.75) is 45.4 Å². The van der Waals surface area contributed by atoms with Gasteiger partial charge in [0.1, 0.15) is 0 Å². The summed E-state index contributed by atoms with van der Waals surface area (Å²) < 4.78 is 0. The number of unbranched alkanes of at least 4 members (excludes halogenated alkanes) is 2. The summed E-state index contributed by atoms with van der Waals surface area (Å²) in [6, 6.07) is 2.01. The predicted octanol–water partition coefficient (Wildman–Crippen LogP) is 3.89. The molecule has 0 spiro atoms. The van der Waals surface area contributed by atoms with Crippen LogP contribution in [0, 0.1) is 20.2 Å². The van der Waals surface area contributed by atoms with Gasteiger partial charge in [0.15, 0.2) is 5.75 Å². The molecule has 0 saturated heterocycles. The van der Waals surface area contributed by atoms with Gasteiger partial charge in [-0.2, -0.15) is 0 Å². The normalized spacial score (nSPS) is 12.1. The molecule has 1 N–H and O–H groups in total. The lowest BCUT2D eigenvalue weighted by Gasteiger charge is -2.13. The summed E-state index contributed by atoms with van der Waals surface area (Å²) in [5.74, 6) is -0.634. The van der Waals surface area contributed by atoms with Gasteiger partial charge < -0.3 is 5.11 Å². The van der Waals surface area contributed by atoms with Crippen LogP contribution in [0.4, 0.5) is 11.4 Å². The molecule has 7 heteroatoms. The quantitative estimate of drug-likeness (QED) is 0.463. The van der Waals surface area contributed by atoms with Crippen LogP contribution in [0.5, 0.6) is 5.75 Å². The van der Waals surface area contributed by atoms with Crippen LogP contribution in [-0.4, -0.2) is 15.0 Å². The third kappa shape index (κ3) is 3.66. The third-order valence-corrected chi connectivity index (χ3v) is 3.28. The van der Waals surface area contributed by atoms with E-state index in [0.717, 1.165) is 31.7 Å². The number of hydrogen-bond acceptors (Lipinski definition) is 5. The largest absolute Gasteiger partial charge is 0.502 e. The van der Waals surface area contributed by atoms with E-state index in [2.05, 4.69) is 6.92 Å². The molecule has 1 rings (SSSR count). The number of rotatable bonds is 7. The van der Waals surface area contributed by atoms with Gasteiger partial charge in [-0.15, -0.1) is 0 Å². The van der Waals surface area contributed by atoms with Gasteiger partial charge in [-0.1, -0.05) is 33.1 Å². The first-order chi connectivity index (χ1) is 9.38. The molecule has 0 saturated carbocycles. The lowest BCUT2D eigenvalue weighted by molar-refractivity contribution is -0.394. The van der Waals surface area contributed by atoms with Crippen molar-refractivity contribution in [1.29, 1.82) is 0 Å². The van der Waals surface area contributed by atoms with E-state index in [1.165, 1.54) is 6.07 Å². The number of benzene rings is 1. The Morgan fingerprint density at radius 1 is 1.20 bits per heavy atom. The molecule has 1 aromatic carbocycles. The first-order valence-electron chi connectivity index (χ1n) is 6.54. The molecule has 0 radical (unpaired) electrons. The average Bonchev–Trinajstić information content (AvgIpc) is 2.38. The smallest absolute Gasteiger partial charge is 0.317 e. The molecule has 1 aromatic rings. The molecule has 0 aromatic heterocycles. The van der Waals surface area contributed by atoms with Crippen molar-refractivity contribution in [2.24, 2.45) is 0 Å². The fraction of sp³-hybridized carbons (Fsp3) is 0.538. The van der Waals surface area contributed by atoms with Crippen LogP contribution in [0.15, 0.2) is 12.1 Å². The van der Waals surface area contributed by atoms with Crippen LogP contribution in [0.2, 0.25) is 0 Å². The molecular weight excluding hydrogens is 264 g/mol. The topological polar surface area (TPSA) is 107 Å². The van der Waals surface area contributed by atoms with Gasteiger partial charge in [-0.25, -0.2) is 0 Å². The first-order valence-corrected chi connectivity index (χ1v) is 6.54. The van der Waals surface area contributed by atoms with Crippen molar-refractivity contribution in [1.82, 2.24) is 0 Å². The molecule has 0 fully saturated rings. The van der Waals surface area contributed by atoms with Crippen molar-refractivity contribution in [3.8, 4) is 5.75 Å². The number of phenols is 1. The molecule has 0 aliphatic carbocycles. The zero-order chi connectivity index (χ0) is 15.3. The summed E-state index contributed by atoms with van der Waals surface area (Å²) in [5, 5.41) is 31.6. The van der Waals surface area contributed by atoms with E-state index in [4.69, 9.17) is 0 Å². The highest BCUT2D eigenvalue weighted by Gasteiger charge is 2.25. The van der Waals surface area contributed by atoms with Gasteiger partial charge in [0, 0.05) is 11.6 Å². The Morgan fingerprint density at radius 3 is 2.35 bits per heavy atom. The summed E-state index contributed by atoms with van der Waals surface area (Å²) >= 11 is 0. The van der Waals surface area contributed by atoms with E-state index in [-0.39, 0.29) is 17.2 Å². The highest BCUT2D eigenvalue weighted by molar-refractivity contribution is 5.58. The molecule has 0 amide bonds. The van der Waals surface area contributed by atoms with Gasteiger partial charge in [-0.3, -0.25) is 20.2 Å². The van der Waals surface area contributed by atoms with Crippen molar-refractivity contribution in [3.05, 3.63) is 37.9 Å². The number of nitro groups is 2. The zero-order valence-corrected chi connectivity index (χ0v) is 11.5. The maximum absolute atomic E-state index is 10.9. The van der Waals surface area contributed by atoms with E-state index >= 15 is 0 Å². The monoisotopic (exact) mass is 282 g/mol. The minimum absolute atomic E-state index is 0.167. The fourth-order valence-electron chi connectivity index (χ4n) is 2.10. The maximum atomic E-state index is 10.9. The summed E-state index contributed by atoms with van der Waals surface area (Å²) in [6.45, 7) is 3.86. The summed E-state index contributed by atoms with van der Waals surface area (Å²) in [7, 11) is 0. The second-order valence-corrected chi connectivity index (χ2v) is 4.81. The van der Waals surface area contributed by atoms with Crippen molar-refractivity contribution < 1.29 is 15.0 Å². The molecule has 0 aliphatic heterocycles. The van der Waals surface area contributed by atoms with Gasteiger partial charge in [0.2, 0.25) is 0 Å². The standard InChI is InChI=1S/C13H18N2O5/c1-3-4-5-6-9(2)11-7-10(14(17)18)8-12(13(11)16)15(19)20/h7-9,16H,3-6H2,1-2H3. The van der Waals surface area contributed by atoms with Crippen LogP contribution in [-0.2, 0) is 0 Å². The number of phenolic OH excluding ortho intramolecular Hbond substituents is 1. The van der Waals surface area contributed by atoms with Gasteiger partial charge in [-0.05, 0) is 12.3 Å². The molecule has 0 aliphatic rings. The highest BCUT2D eigenvalue weighted by Crippen LogP contribution is 2.39. The maximum Gasteiger partial charge on any atom is 0.317 e. The number of hydrogen-bond donors (Lipinski definition) is 1. The Balaban J connectivity index is 3.16. The summed E-state index contributed by atoms with van der Waals surface area (Å²) in [6.07, 6.45) is 3.68. The molecule has 0 bridgehead atoms. The Hall–Kier alpha value is -2.18. The van der Waals surface area contributed by atoms with Gasteiger partial charge in [0.05, 0.1) is 15.9 Å². The first kappa shape index (κ1) is 15.9. The second-order valence-electron chi connectivity index (χ2n) is 4.81. The Bertz CT molecular complexity index is 516. The Kier molecular flexibility index (Phi) is 5.42. The predicted molar refractivity (Wildman–Crippen MR) is 74.0 cm³/mol. The molecule has 110 valence electrons. The molecular formula is C13H18N2O5.